The van der Waals surface area contributed by atoms with E-state index in [-0.39, 0.29) is 6.10 Å². The zero-order valence-electron chi connectivity index (χ0n) is 11.5. The van der Waals surface area contributed by atoms with Gasteiger partial charge in [0.05, 0.1) is 11.6 Å². The van der Waals surface area contributed by atoms with Gasteiger partial charge in [-0.15, -0.1) is 0 Å². The molecule has 1 N–H and O–H groups in total. The third-order valence-corrected chi connectivity index (χ3v) is 3.86. The maximum Gasteiger partial charge on any atom is 0.0866 e. The van der Waals surface area contributed by atoms with Crippen LogP contribution in [0.5, 0.6) is 0 Å². The van der Waals surface area contributed by atoms with E-state index in [9.17, 15) is 0 Å². The molecule has 2 unspecified atom stereocenters. The molecule has 3 nitrogen and oxygen atoms in total. The zero-order chi connectivity index (χ0) is 13.2. The summed E-state index contributed by atoms with van der Waals surface area (Å²) in [6.45, 7) is 3.90. The maximum atomic E-state index is 5.92. The highest BCUT2D eigenvalue weighted by Gasteiger charge is 2.29. The van der Waals surface area contributed by atoms with Crippen molar-refractivity contribution < 1.29 is 4.74 Å². The topological polar surface area (TPSA) is 34.1 Å². The van der Waals surface area contributed by atoms with E-state index in [1.807, 2.05) is 14.0 Å². The van der Waals surface area contributed by atoms with Gasteiger partial charge in [0.1, 0.15) is 0 Å². The van der Waals surface area contributed by atoms with Gasteiger partial charge in [-0.3, -0.25) is 4.98 Å². The number of hydrogen-bond donors (Lipinski definition) is 1. The van der Waals surface area contributed by atoms with Crippen molar-refractivity contribution in [3.8, 4) is 0 Å². The molecule has 1 aliphatic rings. The molecule has 19 heavy (non-hydrogen) atoms. The monoisotopic (exact) mass is 256 g/mol. The van der Waals surface area contributed by atoms with Gasteiger partial charge in [0, 0.05) is 30.1 Å². The quantitative estimate of drug-likeness (QED) is 0.917. The van der Waals surface area contributed by atoms with E-state index in [1.54, 1.807) is 0 Å². The first-order valence-electron chi connectivity index (χ1n) is 6.91. The van der Waals surface area contributed by atoms with Crippen molar-refractivity contribution in [2.75, 3.05) is 20.2 Å². The summed E-state index contributed by atoms with van der Waals surface area (Å²) in [7, 11) is 2.00. The minimum atomic E-state index is 0.221. The predicted molar refractivity (Wildman–Crippen MR) is 77.2 cm³/mol. The number of pyridine rings is 1. The van der Waals surface area contributed by atoms with E-state index in [2.05, 4.69) is 40.6 Å². The summed E-state index contributed by atoms with van der Waals surface area (Å²) in [5.41, 5.74) is 3.40. The molecular formula is C16H20N2O. The van der Waals surface area contributed by atoms with Crippen LogP contribution in [-0.2, 0) is 4.74 Å². The summed E-state index contributed by atoms with van der Waals surface area (Å²) >= 11 is 0. The van der Waals surface area contributed by atoms with Gasteiger partial charge in [-0.05, 0) is 44.2 Å². The second-order valence-corrected chi connectivity index (χ2v) is 5.30. The summed E-state index contributed by atoms with van der Waals surface area (Å²) < 4.78 is 5.92. The van der Waals surface area contributed by atoms with Gasteiger partial charge in [0.25, 0.3) is 0 Å². The third-order valence-electron chi connectivity index (χ3n) is 3.86. The molecule has 0 bridgehead atoms. The van der Waals surface area contributed by atoms with Gasteiger partial charge in [-0.25, -0.2) is 0 Å². The van der Waals surface area contributed by atoms with Crippen LogP contribution in [0, 0.1) is 12.8 Å². The largest absolute Gasteiger partial charge is 0.373 e. The lowest BCUT2D eigenvalue weighted by atomic mass is 9.94. The highest BCUT2D eigenvalue weighted by Crippen LogP contribution is 2.35. The average molecular weight is 256 g/mol. The molecule has 100 valence electrons. The van der Waals surface area contributed by atoms with Crippen LogP contribution >= 0.6 is 0 Å². The van der Waals surface area contributed by atoms with Gasteiger partial charge in [-0.1, -0.05) is 12.1 Å². The van der Waals surface area contributed by atoms with Crippen LogP contribution in [-0.4, -0.2) is 25.2 Å². The molecular weight excluding hydrogens is 236 g/mol. The summed E-state index contributed by atoms with van der Waals surface area (Å²) in [6, 6.07) is 10.7. The fourth-order valence-corrected chi connectivity index (χ4v) is 2.90. The van der Waals surface area contributed by atoms with Crippen LogP contribution in [0.4, 0.5) is 0 Å². The summed E-state index contributed by atoms with van der Waals surface area (Å²) in [6.07, 6.45) is 1.36. The number of nitrogens with one attached hydrogen (secondary N) is 1. The van der Waals surface area contributed by atoms with Gasteiger partial charge in [-0.2, -0.15) is 0 Å². The summed E-state index contributed by atoms with van der Waals surface area (Å²) in [4.78, 5) is 4.55. The van der Waals surface area contributed by atoms with E-state index in [0.29, 0.717) is 5.92 Å². The number of hydrogen-bond acceptors (Lipinski definition) is 3. The molecule has 0 saturated carbocycles. The van der Waals surface area contributed by atoms with Crippen molar-refractivity contribution in [2.45, 2.75) is 19.4 Å². The highest BCUT2D eigenvalue weighted by molar-refractivity contribution is 5.79. The van der Waals surface area contributed by atoms with Crippen LogP contribution in [0.15, 0.2) is 30.3 Å². The molecule has 1 saturated heterocycles. The molecule has 2 atom stereocenters. The number of benzene rings is 1. The Morgan fingerprint density at radius 2 is 2.21 bits per heavy atom. The maximum absolute atomic E-state index is 5.92. The van der Waals surface area contributed by atoms with Gasteiger partial charge in [0.15, 0.2) is 0 Å². The Morgan fingerprint density at radius 1 is 1.32 bits per heavy atom. The molecule has 0 radical (unpaired) electrons. The molecule has 1 aliphatic heterocycles. The Labute approximate surface area is 114 Å². The van der Waals surface area contributed by atoms with Crippen LogP contribution in [0.25, 0.3) is 10.9 Å². The Hall–Kier alpha value is -1.45. The van der Waals surface area contributed by atoms with Crippen LogP contribution in [0.1, 0.15) is 23.8 Å². The Bertz CT molecular complexity index is 582. The minimum absolute atomic E-state index is 0.221. The Morgan fingerprint density at radius 3 is 3.05 bits per heavy atom. The van der Waals surface area contributed by atoms with Crippen LogP contribution < -0.4 is 5.32 Å². The predicted octanol–water partition coefficient (Wildman–Crippen LogP) is 2.84. The number of fused-ring (bicyclic) bond motifs is 1. The number of aryl methyl sites for hydroxylation is 1. The zero-order valence-corrected chi connectivity index (χ0v) is 11.5. The lowest BCUT2D eigenvalue weighted by Gasteiger charge is -2.19. The minimum Gasteiger partial charge on any atom is -0.373 e. The Balaban J connectivity index is 1.94. The number of ether oxygens (including phenoxy) is 1. The molecule has 0 spiro atoms. The van der Waals surface area contributed by atoms with Crippen molar-refractivity contribution in [3.05, 3.63) is 41.6 Å². The standard InChI is InChI=1S/C16H20N2O/c1-11-3-4-12-9-13(5-6-15(12)18-11)16-14(10-17-2)7-8-19-16/h3-6,9,14,16-17H,7-8,10H2,1-2H3. The molecule has 2 heterocycles. The molecule has 3 heteroatoms. The van der Waals surface area contributed by atoms with E-state index in [1.165, 1.54) is 10.9 Å². The number of aromatic nitrogens is 1. The van der Waals surface area contributed by atoms with Gasteiger partial charge in [0.2, 0.25) is 0 Å². The first-order chi connectivity index (χ1) is 9.28. The number of nitrogens with zero attached hydrogens (tertiary/aromatic N) is 1. The fraction of sp³-hybridized carbons (Fsp3) is 0.438. The van der Waals surface area contributed by atoms with Crippen molar-refractivity contribution in [1.82, 2.24) is 10.3 Å². The van der Waals surface area contributed by atoms with E-state index >= 15 is 0 Å². The van der Waals surface area contributed by atoms with E-state index in [4.69, 9.17) is 4.74 Å². The normalized spacial score (nSPS) is 23.1. The molecule has 0 aliphatic carbocycles. The molecule has 1 aromatic carbocycles. The highest BCUT2D eigenvalue weighted by atomic mass is 16.5. The first-order valence-corrected chi connectivity index (χ1v) is 6.91. The molecule has 1 aromatic heterocycles. The first kappa shape index (κ1) is 12.6. The smallest absolute Gasteiger partial charge is 0.0866 e. The molecule has 1 fully saturated rings. The van der Waals surface area contributed by atoms with Crippen molar-refractivity contribution in [1.29, 1.82) is 0 Å². The number of rotatable bonds is 3. The fourth-order valence-electron chi connectivity index (χ4n) is 2.90. The van der Waals surface area contributed by atoms with E-state index < -0.39 is 0 Å². The lowest BCUT2D eigenvalue weighted by molar-refractivity contribution is 0.0911. The van der Waals surface area contributed by atoms with E-state index in [0.717, 1.165) is 30.8 Å². The average Bonchev–Trinajstić information content (AvgIpc) is 2.87. The van der Waals surface area contributed by atoms with Crippen molar-refractivity contribution in [3.63, 3.8) is 0 Å². The molecule has 0 amide bonds. The lowest BCUT2D eigenvalue weighted by Crippen LogP contribution is -2.21. The summed E-state index contributed by atoms with van der Waals surface area (Å²) in [5.74, 6) is 0.570. The van der Waals surface area contributed by atoms with Gasteiger partial charge < -0.3 is 10.1 Å². The second-order valence-electron chi connectivity index (χ2n) is 5.30. The van der Waals surface area contributed by atoms with Crippen molar-refractivity contribution >= 4 is 10.9 Å². The van der Waals surface area contributed by atoms with Crippen LogP contribution in [0.3, 0.4) is 0 Å². The third kappa shape index (κ3) is 2.48. The van der Waals surface area contributed by atoms with Gasteiger partial charge >= 0.3 is 0 Å². The molecule has 2 aromatic rings. The Kier molecular flexibility index (Phi) is 3.49. The molecule has 3 rings (SSSR count). The van der Waals surface area contributed by atoms with Crippen molar-refractivity contribution in [2.24, 2.45) is 5.92 Å². The summed E-state index contributed by atoms with van der Waals surface area (Å²) in [5, 5.41) is 4.46. The van der Waals surface area contributed by atoms with Crippen LogP contribution in [0.2, 0.25) is 0 Å². The second kappa shape index (κ2) is 5.27. The SMILES string of the molecule is CNCC1CCOC1c1ccc2nc(C)ccc2c1.